The highest BCUT2D eigenvalue weighted by molar-refractivity contribution is 5.99. The molecule has 1 aliphatic heterocycles. The predicted octanol–water partition coefficient (Wildman–Crippen LogP) is 3.83. The van der Waals surface area contributed by atoms with Crippen LogP contribution in [0.15, 0.2) is 60.8 Å². The van der Waals surface area contributed by atoms with Crippen molar-refractivity contribution in [1.29, 1.82) is 0 Å². The van der Waals surface area contributed by atoms with Gasteiger partial charge in [-0.3, -0.25) is 4.68 Å². The van der Waals surface area contributed by atoms with E-state index in [1.54, 1.807) is 19.4 Å². The van der Waals surface area contributed by atoms with Gasteiger partial charge in [0, 0.05) is 54.9 Å². The van der Waals surface area contributed by atoms with Gasteiger partial charge in [0.2, 0.25) is 0 Å². The summed E-state index contributed by atoms with van der Waals surface area (Å²) in [5.41, 5.74) is 2.45. The van der Waals surface area contributed by atoms with Crippen LogP contribution in [0.2, 0.25) is 0 Å². The number of amides is 2. The van der Waals surface area contributed by atoms with Gasteiger partial charge in [0.1, 0.15) is 11.4 Å². The average molecular weight is 458 g/mol. The van der Waals surface area contributed by atoms with Crippen LogP contribution in [0.4, 0.5) is 16.3 Å². The molecule has 0 aliphatic carbocycles. The fourth-order valence-electron chi connectivity index (χ4n) is 4.41. The molecule has 2 amide bonds. The van der Waals surface area contributed by atoms with Gasteiger partial charge >= 0.3 is 6.03 Å². The summed E-state index contributed by atoms with van der Waals surface area (Å²) < 4.78 is 7.02. The molecule has 1 fully saturated rings. The molecule has 2 aromatic heterocycles. The maximum absolute atomic E-state index is 12.5. The molecule has 5 rings (SSSR count). The van der Waals surface area contributed by atoms with Crippen molar-refractivity contribution in [2.75, 3.05) is 30.4 Å². The zero-order chi connectivity index (χ0) is 23.5. The monoisotopic (exact) mass is 457 g/mol. The summed E-state index contributed by atoms with van der Waals surface area (Å²) in [5, 5.41) is 21.5. The van der Waals surface area contributed by atoms with E-state index in [2.05, 4.69) is 43.0 Å². The first-order valence-corrected chi connectivity index (χ1v) is 11.3. The van der Waals surface area contributed by atoms with Crippen LogP contribution in [0.5, 0.6) is 5.75 Å². The first-order valence-electron chi connectivity index (χ1n) is 11.3. The average Bonchev–Trinajstić information content (AvgIpc) is 3.29. The Balaban J connectivity index is 1.26. The molecular weight excluding hydrogens is 430 g/mol. The lowest BCUT2D eigenvalue weighted by atomic mass is 10.0. The van der Waals surface area contributed by atoms with Crippen LogP contribution >= 0.6 is 0 Å². The zero-order valence-corrected chi connectivity index (χ0v) is 19.2. The molecule has 174 valence electrons. The van der Waals surface area contributed by atoms with E-state index in [0.29, 0.717) is 11.4 Å². The number of piperidine rings is 1. The second kappa shape index (κ2) is 9.38. The van der Waals surface area contributed by atoms with Crippen LogP contribution in [0.3, 0.4) is 0 Å². The summed E-state index contributed by atoms with van der Waals surface area (Å²) in [5.74, 6) is 1.58. The van der Waals surface area contributed by atoms with E-state index in [9.17, 15) is 4.79 Å². The minimum absolute atomic E-state index is 0.0924. The maximum atomic E-state index is 12.5. The fourth-order valence-corrected chi connectivity index (χ4v) is 4.41. The molecule has 9 heteroatoms. The third kappa shape index (κ3) is 4.36. The van der Waals surface area contributed by atoms with Crippen molar-refractivity contribution < 1.29 is 9.53 Å². The lowest BCUT2D eigenvalue weighted by molar-refractivity contribution is 0.246. The second-order valence-corrected chi connectivity index (χ2v) is 8.35. The van der Waals surface area contributed by atoms with Gasteiger partial charge < -0.3 is 20.3 Å². The Hall–Kier alpha value is -4.14. The van der Waals surface area contributed by atoms with E-state index < -0.39 is 0 Å². The molecule has 9 nitrogen and oxygen atoms in total. The normalized spacial score (nSPS) is 14.2. The summed E-state index contributed by atoms with van der Waals surface area (Å²) in [6, 6.07) is 17.4. The van der Waals surface area contributed by atoms with E-state index in [1.165, 1.54) is 0 Å². The lowest BCUT2D eigenvalue weighted by Gasteiger charge is -2.33. The number of anilines is 2. The molecule has 2 N–H and O–H groups in total. The number of urea groups is 1. The molecule has 1 saturated heterocycles. The van der Waals surface area contributed by atoms with Gasteiger partial charge in [-0.1, -0.05) is 30.3 Å². The third-order valence-electron chi connectivity index (χ3n) is 6.19. The summed E-state index contributed by atoms with van der Waals surface area (Å²) in [6.45, 7) is 1.57. The van der Waals surface area contributed by atoms with Gasteiger partial charge in [0.15, 0.2) is 5.82 Å². The van der Waals surface area contributed by atoms with Crippen molar-refractivity contribution in [3.8, 4) is 17.1 Å². The topological polar surface area (TPSA) is 97.2 Å². The summed E-state index contributed by atoms with van der Waals surface area (Å²) in [6.07, 6.45) is 3.41. The number of fused-ring (bicyclic) bond motifs is 1. The van der Waals surface area contributed by atoms with E-state index >= 15 is 0 Å². The highest BCUT2D eigenvalue weighted by Gasteiger charge is 2.24. The van der Waals surface area contributed by atoms with Crippen LogP contribution in [0.1, 0.15) is 12.8 Å². The molecule has 1 aliphatic rings. The van der Waals surface area contributed by atoms with Gasteiger partial charge in [0.05, 0.1) is 12.8 Å². The van der Waals surface area contributed by atoms with Crippen molar-refractivity contribution in [3.63, 3.8) is 0 Å². The number of hydrogen-bond donors (Lipinski definition) is 2. The Labute approximate surface area is 197 Å². The van der Waals surface area contributed by atoms with E-state index in [0.717, 1.165) is 53.9 Å². The number of ether oxygens (including phenoxy) is 1. The van der Waals surface area contributed by atoms with Gasteiger partial charge in [0.25, 0.3) is 0 Å². The van der Waals surface area contributed by atoms with Gasteiger partial charge in [-0.2, -0.15) is 5.10 Å². The van der Waals surface area contributed by atoms with Crippen molar-refractivity contribution >= 4 is 28.3 Å². The minimum atomic E-state index is -0.211. The summed E-state index contributed by atoms with van der Waals surface area (Å²) in [4.78, 5) is 14.7. The van der Waals surface area contributed by atoms with Crippen molar-refractivity contribution in [2.45, 2.75) is 18.9 Å². The number of carbonyl (C=O) groups is 1. The molecule has 0 saturated carbocycles. The quantitative estimate of drug-likeness (QED) is 0.473. The Kier molecular flexibility index (Phi) is 5.99. The first-order chi connectivity index (χ1) is 16.6. The minimum Gasteiger partial charge on any atom is -0.497 e. The summed E-state index contributed by atoms with van der Waals surface area (Å²) >= 11 is 0. The molecule has 0 unspecified atom stereocenters. The van der Waals surface area contributed by atoms with Crippen LogP contribution < -0.4 is 20.3 Å². The smallest absolute Gasteiger partial charge is 0.319 e. The SMILES string of the molecule is COc1cccc(NC(=O)NC2CCN(c3nnc(-c4ccnn4C)c4ccccc34)CC2)c1. The summed E-state index contributed by atoms with van der Waals surface area (Å²) in [7, 11) is 3.51. The number of carbonyl (C=O) groups excluding carboxylic acids is 1. The Bertz CT molecular complexity index is 1310. The molecule has 0 atom stereocenters. The van der Waals surface area contributed by atoms with Crippen LogP contribution in [-0.2, 0) is 7.05 Å². The van der Waals surface area contributed by atoms with Gasteiger partial charge in [-0.15, -0.1) is 10.2 Å². The van der Waals surface area contributed by atoms with Gasteiger partial charge in [-0.25, -0.2) is 4.79 Å². The highest BCUT2D eigenvalue weighted by atomic mass is 16.5. The number of nitrogens with zero attached hydrogens (tertiary/aromatic N) is 5. The highest BCUT2D eigenvalue weighted by Crippen LogP contribution is 2.32. The number of benzene rings is 2. The van der Waals surface area contributed by atoms with E-state index in [-0.39, 0.29) is 12.1 Å². The van der Waals surface area contributed by atoms with Crippen LogP contribution in [0, 0.1) is 0 Å². The van der Waals surface area contributed by atoms with Crippen molar-refractivity contribution in [2.24, 2.45) is 7.05 Å². The Morgan fingerprint density at radius 2 is 1.82 bits per heavy atom. The molecule has 4 aromatic rings. The Morgan fingerprint density at radius 1 is 1.03 bits per heavy atom. The number of hydrogen-bond acceptors (Lipinski definition) is 6. The largest absolute Gasteiger partial charge is 0.497 e. The standard InChI is InChI=1S/C25H27N7O2/c1-31-22(10-13-26-31)23-20-8-3-4-9-21(20)24(30-29-23)32-14-11-17(12-15-32)27-25(33)28-18-6-5-7-19(16-18)34-2/h3-10,13,16-17H,11-12,14-15H2,1-2H3,(H2,27,28,33). The number of aromatic nitrogens is 4. The number of methoxy groups -OCH3 is 1. The number of nitrogens with one attached hydrogen (secondary N) is 2. The number of rotatable bonds is 5. The maximum Gasteiger partial charge on any atom is 0.319 e. The molecule has 0 radical (unpaired) electrons. The first kappa shape index (κ1) is 21.7. The second-order valence-electron chi connectivity index (χ2n) is 8.35. The third-order valence-corrected chi connectivity index (χ3v) is 6.19. The van der Waals surface area contributed by atoms with E-state index in [1.807, 2.05) is 48.1 Å². The molecular formula is C25H27N7O2. The fraction of sp³-hybridized carbons (Fsp3) is 0.280. The Morgan fingerprint density at radius 3 is 2.56 bits per heavy atom. The van der Waals surface area contributed by atoms with Crippen molar-refractivity contribution in [3.05, 3.63) is 60.8 Å². The zero-order valence-electron chi connectivity index (χ0n) is 19.2. The van der Waals surface area contributed by atoms with Crippen LogP contribution in [0.25, 0.3) is 22.2 Å². The van der Waals surface area contributed by atoms with Crippen molar-refractivity contribution in [1.82, 2.24) is 25.3 Å². The molecule has 0 bridgehead atoms. The molecule has 0 spiro atoms. The predicted molar refractivity (Wildman–Crippen MR) is 132 cm³/mol. The van der Waals surface area contributed by atoms with E-state index in [4.69, 9.17) is 4.74 Å². The molecule has 3 heterocycles. The lowest BCUT2D eigenvalue weighted by Crippen LogP contribution is -2.46. The number of aryl methyl sites for hydroxylation is 1. The van der Waals surface area contributed by atoms with Gasteiger partial charge in [-0.05, 0) is 31.0 Å². The van der Waals surface area contributed by atoms with Crippen LogP contribution in [-0.4, -0.2) is 52.3 Å². The molecule has 34 heavy (non-hydrogen) atoms. The molecule has 2 aromatic carbocycles.